The Bertz CT molecular complexity index is 314. The fraction of sp³-hybridized carbons (Fsp3) is 0.933. The van der Waals surface area contributed by atoms with E-state index in [-0.39, 0.29) is 18.3 Å². The van der Waals surface area contributed by atoms with Crippen LogP contribution in [0.3, 0.4) is 0 Å². The number of rotatable bonds is 1. The lowest BCUT2D eigenvalue weighted by molar-refractivity contribution is -0.137. The number of halogens is 1. The Morgan fingerprint density at radius 3 is 2.00 bits per heavy atom. The van der Waals surface area contributed by atoms with Crippen molar-refractivity contribution in [3.63, 3.8) is 0 Å². The minimum absolute atomic E-state index is 0. The maximum absolute atomic E-state index is 12.7. The lowest BCUT2D eigenvalue weighted by Gasteiger charge is -2.35. The molecule has 3 nitrogen and oxygen atoms in total. The van der Waals surface area contributed by atoms with Crippen LogP contribution in [0.25, 0.3) is 0 Å². The highest BCUT2D eigenvalue weighted by Crippen LogP contribution is 2.38. The maximum atomic E-state index is 12.7. The van der Waals surface area contributed by atoms with E-state index in [1.165, 1.54) is 32.1 Å². The predicted octanol–water partition coefficient (Wildman–Crippen LogP) is 2.72. The molecule has 0 aromatic carbocycles. The van der Waals surface area contributed by atoms with Gasteiger partial charge in [0.25, 0.3) is 0 Å². The second-order valence-electron chi connectivity index (χ2n) is 6.73. The molecule has 2 saturated carbocycles. The van der Waals surface area contributed by atoms with Crippen molar-refractivity contribution in [3.8, 4) is 0 Å². The lowest BCUT2D eigenvalue weighted by Crippen LogP contribution is -2.55. The van der Waals surface area contributed by atoms with Crippen LogP contribution in [-0.2, 0) is 4.79 Å². The number of hydrogen-bond acceptors (Lipinski definition) is 2. The normalized spacial score (nSPS) is 33.4. The Kier molecular flexibility index (Phi) is 4.78. The molecule has 2 aliphatic carbocycles. The molecule has 1 aliphatic heterocycles. The fourth-order valence-corrected chi connectivity index (χ4v) is 4.28. The molecule has 19 heavy (non-hydrogen) atoms. The third kappa shape index (κ3) is 2.92. The summed E-state index contributed by atoms with van der Waals surface area (Å²) in [5.41, 5.74) is 5.86. The predicted molar refractivity (Wildman–Crippen MR) is 79.3 cm³/mol. The summed E-state index contributed by atoms with van der Waals surface area (Å²) in [6.45, 7) is 1.98. The number of nitrogens with two attached hydrogens (primary N) is 1. The third-order valence-electron chi connectivity index (χ3n) is 5.44. The summed E-state index contributed by atoms with van der Waals surface area (Å²) in [6.07, 6.45) is 10.7. The van der Waals surface area contributed by atoms with E-state index in [1.807, 2.05) is 0 Å². The van der Waals surface area contributed by atoms with Crippen LogP contribution in [-0.4, -0.2) is 29.4 Å². The molecule has 0 aromatic heterocycles. The minimum Gasteiger partial charge on any atom is -0.341 e. The summed E-state index contributed by atoms with van der Waals surface area (Å²) in [5, 5.41) is 0. The summed E-state index contributed by atoms with van der Waals surface area (Å²) < 4.78 is 0. The summed E-state index contributed by atoms with van der Waals surface area (Å²) in [5.74, 6) is 1.81. The molecule has 0 aromatic rings. The van der Waals surface area contributed by atoms with Gasteiger partial charge in [-0.2, -0.15) is 0 Å². The Morgan fingerprint density at radius 1 is 0.947 bits per heavy atom. The van der Waals surface area contributed by atoms with E-state index in [4.69, 9.17) is 5.73 Å². The standard InChI is InChI=1S/C15H26N2O.ClH/c16-15(8-4-1-5-9-15)14(18)17-10-12-6-2-3-7-13(12)11-17;/h12-13H,1-11,16H2;1H. The highest BCUT2D eigenvalue weighted by atomic mass is 35.5. The first-order valence-corrected chi connectivity index (χ1v) is 7.77. The molecule has 3 rings (SSSR count). The molecular weight excluding hydrogens is 260 g/mol. The van der Waals surface area contributed by atoms with Crippen LogP contribution >= 0.6 is 12.4 Å². The average molecular weight is 287 g/mol. The Balaban J connectivity index is 0.00000133. The fourth-order valence-electron chi connectivity index (χ4n) is 4.28. The van der Waals surface area contributed by atoms with Crippen molar-refractivity contribution in [1.29, 1.82) is 0 Å². The van der Waals surface area contributed by atoms with Crippen LogP contribution in [0.4, 0.5) is 0 Å². The van der Waals surface area contributed by atoms with Crippen LogP contribution in [0.2, 0.25) is 0 Å². The summed E-state index contributed by atoms with van der Waals surface area (Å²) in [4.78, 5) is 14.8. The molecule has 0 bridgehead atoms. The Morgan fingerprint density at radius 2 is 1.47 bits per heavy atom. The van der Waals surface area contributed by atoms with E-state index in [2.05, 4.69) is 4.90 Å². The zero-order chi connectivity index (χ0) is 12.6. The van der Waals surface area contributed by atoms with Gasteiger partial charge in [0.2, 0.25) is 5.91 Å². The molecule has 3 aliphatic rings. The molecule has 4 heteroatoms. The van der Waals surface area contributed by atoms with Gasteiger partial charge in [0, 0.05) is 13.1 Å². The first kappa shape index (κ1) is 15.1. The van der Waals surface area contributed by atoms with Gasteiger partial charge in [-0.3, -0.25) is 4.79 Å². The second-order valence-corrected chi connectivity index (χ2v) is 6.73. The zero-order valence-electron chi connectivity index (χ0n) is 11.8. The van der Waals surface area contributed by atoms with Crippen molar-refractivity contribution in [3.05, 3.63) is 0 Å². The average Bonchev–Trinajstić information content (AvgIpc) is 2.82. The zero-order valence-corrected chi connectivity index (χ0v) is 12.6. The van der Waals surface area contributed by atoms with Gasteiger partial charge < -0.3 is 10.6 Å². The van der Waals surface area contributed by atoms with Crippen LogP contribution in [0, 0.1) is 11.8 Å². The molecule has 2 unspecified atom stereocenters. The number of fused-ring (bicyclic) bond motifs is 1. The van der Waals surface area contributed by atoms with Gasteiger partial charge >= 0.3 is 0 Å². The van der Waals surface area contributed by atoms with Crippen molar-refractivity contribution in [2.75, 3.05) is 13.1 Å². The first-order chi connectivity index (χ1) is 8.69. The van der Waals surface area contributed by atoms with E-state index >= 15 is 0 Å². The summed E-state index contributed by atoms with van der Waals surface area (Å²) in [6, 6.07) is 0. The molecule has 0 spiro atoms. The number of amides is 1. The van der Waals surface area contributed by atoms with Crippen LogP contribution in [0.15, 0.2) is 0 Å². The van der Waals surface area contributed by atoms with Crippen molar-refractivity contribution in [2.24, 2.45) is 17.6 Å². The molecule has 1 amide bonds. The van der Waals surface area contributed by atoms with E-state index in [0.29, 0.717) is 0 Å². The number of carbonyl (C=O) groups excluding carboxylic acids is 1. The molecule has 1 heterocycles. The minimum atomic E-state index is -0.522. The van der Waals surface area contributed by atoms with Gasteiger partial charge in [-0.05, 0) is 37.5 Å². The molecular formula is C15H27ClN2O. The highest BCUT2D eigenvalue weighted by Gasteiger charge is 2.43. The van der Waals surface area contributed by atoms with Gasteiger partial charge in [-0.25, -0.2) is 0 Å². The molecule has 3 fully saturated rings. The largest absolute Gasteiger partial charge is 0.341 e. The number of likely N-dealkylation sites (tertiary alicyclic amines) is 1. The summed E-state index contributed by atoms with van der Waals surface area (Å²) >= 11 is 0. The summed E-state index contributed by atoms with van der Waals surface area (Å²) in [7, 11) is 0. The monoisotopic (exact) mass is 286 g/mol. The topological polar surface area (TPSA) is 46.3 Å². The highest BCUT2D eigenvalue weighted by molar-refractivity contribution is 5.86. The lowest BCUT2D eigenvalue weighted by atomic mass is 9.81. The van der Waals surface area contributed by atoms with Crippen molar-refractivity contribution < 1.29 is 4.79 Å². The van der Waals surface area contributed by atoms with Crippen LogP contribution in [0.1, 0.15) is 57.8 Å². The molecule has 110 valence electrons. The molecule has 2 N–H and O–H groups in total. The van der Waals surface area contributed by atoms with E-state index in [1.54, 1.807) is 0 Å². The smallest absolute Gasteiger partial charge is 0.242 e. The van der Waals surface area contributed by atoms with Gasteiger partial charge in [0.05, 0.1) is 5.54 Å². The molecule has 0 radical (unpaired) electrons. The van der Waals surface area contributed by atoms with Gasteiger partial charge in [-0.15, -0.1) is 12.4 Å². The second kappa shape index (κ2) is 6.01. The molecule has 2 atom stereocenters. The first-order valence-electron chi connectivity index (χ1n) is 7.77. The Hall–Kier alpha value is -0.280. The quantitative estimate of drug-likeness (QED) is 0.806. The van der Waals surface area contributed by atoms with E-state index in [0.717, 1.165) is 50.6 Å². The van der Waals surface area contributed by atoms with E-state index < -0.39 is 5.54 Å². The van der Waals surface area contributed by atoms with Crippen LogP contribution < -0.4 is 5.73 Å². The van der Waals surface area contributed by atoms with Crippen LogP contribution in [0.5, 0.6) is 0 Å². The SMILES string of the molecule is Cl.NC1(C(=O)N2CC3CCCCC3C2)CCCCC1. The molecule has 1 saturated heterocycles. The van der Waals surface area contributed by atoms with Gasteiger partial charge in [-0.1, -0.05) is 32.1 Å². The van der Waals surface area contributed by atoms with Gasteiger partial charge in [0.15, 0.2) is 0 Å². The number of hydrogen-bond donors (Lipinski definition) is 1. The van der Waals surface area contributed by atoms with E-state index in [9.17, 15) is 4.79 Å². The van der Waals surface area contributed by atoms with Crippen molar-refractivity contribution in [1.82, 2.24) is 4.90 Å². The van der Waals surface area contributed by atoms with Gasteiger partial charge in [0.1, 0.15) is 0 Å². The third-order valence-corrected chi connectivity index (χ3v) is 5.44. The van der Waals surface area contributed by atoms with Crippen molar-refractivity contribution >= 4 is 18.3 Å². The number of nitrogens with zero attached hydrogens (tertiary/aromatic N) is 1. The Labute approximate surface area is 122 Å². The number of carbonyl (C=O) groups is 1. The van der Waals surface area contributed by atoms with Crippen molar-refractivity contribution in [2.45, 2.75) is 63.3 Å². The maximum Gasteiger partial charge on any atom is 0.242 e.